The molecule has 0 atom stereocenters. The molecule has 78 valence electrons. The van der Waals surface area contributed by atoms with E-state index in [2.05, 4.69) is 4.98 Å². The number of nitrogens with zero attached hydrogens (tertiary/aromatic N) is 1. The van der Waals surface area contributed by atoms with Gasteiger partial charge in [-0.15, -0.1) is 22.7 Å². The Morgan fingerprint density at radius 2 is 2.40 bits per heavy atom. The average molecular weight is 257 g/mol. The highest BCUT2D eigenvalue weighted by molar-refractivity contribution is 8.01. The molecule has 0 radical (unpaired) electrons. The van der Waals surface area contributed by atoms with Crippen LogP contribution >= 0.6 is 34.4 Å². The molecule has 2 heterocycles. The van der Waals surface area contributed by atoms with Gasteiger partial charge < -0.3 is 5.11 Å². The Morgan fingerprint density at radius 1 is 1.53 bits per heavy atom. The standard InChI is InChI=1S/C9H7NO2S3/c11-8(12)5-15-9-10-6(4-14-9)7-2-1-3-13-7/h1-4H,5H2,(H,11,12). The van der Waals surface area contributed by atoms with Crippen molar-refractivity contribution >= 4 is 40.4 Å². The Morgan fingerprint density at radius 3 is 3.07 bits per heavy atom. The number of hydrogen-bond acceptors (Lipinski definition) is 5. The number of thiophene rings is 1. The molecule has 2 aromatic rings. The van der Waals surface area contributed by atoms with E-state index in [0.717, 1.165) is 14.9 Å². The van der Waals surface area contributed by atoms with Crippen molar-refractivity contribution in [1.82, 2.24) is 4.98 Å². The van der Waals surface area contributed by atoms with Gasteiger partial charge in [-0.2, -0.15) is 0 Å². The molecular formula is C9H7NO2S3. The summed E-state index contributed by atoms with van der Waals surface area (Å²) in [7, 11) is 0. The molecule has 0 aliphatic rings. The first-order chi connectivity index (χ1) is 7.25. The van der Waals surface area contributed by atoms with Crippen LogP contribution in [-0.2, 0) is 4.79 Å². The van der Waals surface area contributed by atoms with Crippen molar-refractivity contribution in [3.8, 4) is 10.6 Å². The molecular weight excluding hydrogens is 250 g/mol. The quantitative estimate of drug-likeness (QED) is 0.855. The molecule has 2 rings (SSSR count). The maximum absolute atomic E-state index is 10.4. The first kappa shape index (κ1) is 10.7. The van der Waals surface area contributed by atoms with Crippen LogP contribution < -0.4 is 0 Å². The van der Waals surface area contributed by atoms with Crippen LogP contribution in [0.2, 0.25) is 0 Å². The molecule has 0 aromatic carbocycles. The van der Waals surface area contributed by atoms with Gasteiger partial charge >= 0.3 is 5.97 Å². The molecule has 0 spiro atoms. The topological polar surface area (TPSA) is 50.2 Å². The summed E-state index contributed by atoms with van der Waals surface area (Å²) >= 11 is 4.38. The van der Waals surface area contributed by atoms with Crippen molar-refractivity contribution in [2.75, 3.05) is 5.75 Å². The summed E-state index contributed by atoms with van der Waals surface area (Å²) in [5, 5.41) is 12.5. The first-order valence-corrected chi connectivity index (χ1v) is 6.84. The molecule has 0 aliphatic carbocycles. The Balaban J connectivity index is 2.08. The van der Waals surface area contributed by atoms with E-state index in [0.29, 0.717) is 0 Å². The van der Waals surface area contributed by atoms with Crippen LogP contribution in [0.15, 0.2) is 27.2 Å². The third kappa shape index (κ3) is 2.80. The maximum Gasteiger partial charge on any atom is 0.313 e. The van der Waals surface area contributed by atoms with Gasteiger partial charge in [0.2, 0.25) is 0 Å². The average Bonchev–Trinajstić information content (AvgIpc) is 2.85. The highest BCUT2D eigenvalue weighted by Gasteiger charge is 2.07. The Bertz CT molecular complexity index is 450. The number of carboxylic acid groups (broad SMARTS) is 1. The van der Waals surface area contributed by atoms with Crippen molar-refractivity contribution in [2.24, 2.45) is 0 Å². The minimum absolute atomic E-state index is 0.0669. The highest BCUT2D eigenvalue weighted by Crippen LogP contribution is 2.30. The van der Waals surface area contributed by atoms with Crippen LogP contribution in [0, 0.1) is 0 Å². The zero-order valence-corrected chi connectivity index (χ0v) is 9.99. The lowest BCUT2D eigenvalue weighted by atomic mass is 10.4. The minimum atomic E-state index is -0.812. The van der Waals surface area contributed by atoms with Crippen LogP contribution in [0.4, 0.5) is 0 Å². The number of thioether (sulfide) groups is 1. The summed E-state index contributed by atoms with van der Waals surface area (Å²) in [6, 6.07) is 3.98. The van der Waals surface area contributed by atoms with E-state index in [4.69, 9.17) is 5.11 Å². The van der Waals surface area contributed by atoms with Crippen molar-refractivity contribution in [2.45, 2.75) is 4.34 Å². The molecule has 0 unspecified atom stereocenters. The molecule has 1 N–H and O–H groups in total. The minimum Gasteiger partial charge on any atom is -0.481 e. The van der Waals surface area contributed by atoms with Crippen LogP contribution in [0.1, 0.15) is 0 Å². The lowest BCUT2D eigenvalue weighted by molar-refractivity contribution is -0.133. The predicted octanol–water partition coefficient (Wildman–Crippen LogP) is 3.05. The second kappa shape index (κ2) is 4.78. The normalized spacial score (nSPS) is 10.4. The molecule has 15 heavy (non-hydrogen) atoms. The van der Waals surface area contributed by atoms with Gasteiger partial charge in [0.25, 0.3) is 0 Å². The fourth-order valence-corrected chi connectivity index (χ4v) is 3.29. The molecule has 0 aliphatic heterocycles. The number of thiazole rings is 1. The summed E-state index contributed by atoms with van der Waals surface area (Å²) in [5.74, 6) is -0.745. The monoisotopic (exact) mass is 257 g/mol. The van der Waals surface area contributed by atoms with Gasteiger partial charge in [-0.25, -0.2) is 4.98 Å². The van der Waals surface area contributed by atoms with Crippen LogP contribution in [0.3, 0.4) is 0 Å². The molecule has 6 heteroatoms. The Kier molecular flexibility index (Phi) is 3.40. The van der Waals surface area contributed by atoms with Crippen molar-refractivity contribution in [3.63, 3.8) is 0 Å². The summed E-state index contributed by atoms with van der Waals surface area (Å²) in [6.45, 7) is 0. The first-order valence-electron chi connectivity index (χ1n) is 4.09. The van der Waals surface area contributed by atoms with Gasteiger partial charge in [0.15, 0.2) is 4.34 Å². The number of aliphatic carboxylic acids is 1. The molecule has 2 aromatic heterocycles. The molecule has 0 saturated carbocycles. The van der Waals surface area contributed by atoms with Gasteiger partial charge in [-0.1, -0.05) is 17.8 Å². The fourth-order valence-electron chi connectivity index (χ4n) is 0.985. The van der Waals surface area contributed by atoms with Gasteiger partial charge in [0, 0.05) is 5.38 Å². The fraction of sp³-hybridized carbons (Fsp3) is 0.111. The zero-order chi connectivity index (χ0) is 10.7. The smallest absolute Gasteiger partial charge is 0.313 e. The zero-order valence-electron chi connectivity index (χ0n) is 7.54. The summed E-state index contributed by atoms with van der Waals surface area (Å²) in [4.78, 5) is 15.8. The molecule has 0 fully saturated rings. The third-order valence-electron chi connectivity index (χ3n) is 1.58. The second-order valence-corrected chi connectivity index (χ2v) is 5.69. The summed E-state index contributed by atoms with van der Waals surface area (Å²) < 4.78 is 0.806. The molecule has 0 saturated heterocycles. The molecule has 0 bridgehead atoms. The number of aromatic nitrogens is 1. The van der Waals surface area contributed by atoms with E-state index in [9.17, 15) is 4.79 Å². The van der Waals surface area contributed by atoms with E-state index in [1.54, 1.807) is 11.3 Å². The Labute approximate surface area is 98.8 Å². The maximum atomic E-state index is 10.4. The van der Waals surface area contributed by atoms with Crippen molar-refractivity contribution in [3.05, 3.63) is 22.9 Å². The van der Waals surface area contributed by atoms with Crippen LogP contribution in [-0.4, -0.2) is 21.8 Å². The highest BCUT2D eigenvalue weighted by atomic mass is 32.2. The van der Waals surface area contributed by atoms with Crippen molar-refractivity contribution in [1.29, 1.82) is 0 Å². The largest absolute Gasteiger partial charge is 0.481 e. The summed E-state index contributed by atoms with van der Waals surface area (Å²) in [5.41, 5.74) is 0.933. The SMILES string of the molecule is O=C(O)CSc1nc(-c2cccs2)cs1. The van der Waals surface area contributed by atoms with Crippen LogP contribution in [0.25, 0.3) is 10.6 Å². The predicted molar refractivity (Wildman–Crippen MR) is 63.8 cm³/mol. The molecule has 0 amide bonds. The van der Waals surface area contributed by atoms with Gasteiger partial charge in [0.1, 0.15) is 0 Å². The Hall–Kier alpha value is -0.850. The van der Waals surface area contributed by atoms with E-state index in [-0.39, 0.29) is 5.75 Å². The lowest BCUT2D eigenvalue weighted by Gasteiger charge is -1.90. The second-order valence-electron chi connectivity index (χ2n) is 2.66. The van der Waals surface area contributed by atoms with Crippen LogP contribution in [0.5, 0.6) is 0 Å². The van der Waals surface area contributed by atoms with Gasteiger partial charge in [0.05, 0.1) is 16.3 Å². The number of hydrogen-bond donors (Lipinski definition) is 1. The molecule has 3 nitrogen and oxygen atoms in total. The third-order valence-corrected chi connectivity index (χ3v) is 4.47. The number of carbonyl (C=O) groups is 1. The van der Waals surface area contributed by atoms with Gasteiger partial charge in [-0.3, -0.25) is 4.79 Å². The van der Waals surface area contributed by atoms with Crippen molar-refractivity contribution < 1.29 is 9.90 Å². The van der Waals surface area contributed by atoms with E-state index in [1.165, 1.54) is 23.1 Å². The lowest BCUT2D eigenvalue weighted by Crippen LogP contribution is -1.96. The van der Waals surface area contributed by atoms with E-state index < -0.39 is 5.97 Å². The summed E-state index contributed by atoms with van der Waals surface area (Å²) in [6.07, 6.45) is 0. The van der Waals surface area contributed by atoms with E-state index >= 15 is 0 Å². The van der Waals surface area contributed by atoms with Gasteiger partial charge in [-0.05, 0) is 11.4 Å². The number of rotatable bonds is 4. The number of carboxylic acids is 1. The van der Waals surface area contributed by atoms with E-state index in [1.807, 2.05) is 22.9 Å².